The molecule has 0 radical (unpaired) electrons. The van der Waals surface area contributed by atoms with Crippen LogP contribution in [0.3, 0.4) is 0 Å². The smallest absolute Gasteiger partial charge is 0.253 e. The van der Waals surface area contributed by atoms with Crippen LogP contribution >= 0.6 is 0 Å². The van der Waals surface area contributed by atoms with Crippen molar-refractivity contribution in [3.63, 3.8) is 0 Å². The fourth-order valence-electron chi connectivity index (χ4n) is 3.04. The second-order valence-electron chi connectivity index (χ2n) is 5.92. The summed E-state index contributed by atoms with van der Waals surface area (Å²) in [6.45, 7) is 1.70. The lowest BCUT2D eigenvalue weighted by Gasteiger charge is -2.26. The fourth-order valence-corrected chi connectivity index (χ4v) is 3.04. The minimum Gasteiger partial charge on any atom is -0.436 e. The highest BCUT2D eigenvalue weighted by atomic mass is 16.3. The van der Waals surface area contributed by atoms with E-state index in [1.807, 2.05) is 53.4 Å². The molecule has 4 heteroatoms. The Hall–Kier alpha value is -2.62. The summed E-state index contributed by atoms with van der Waals surface area (Å²) in [4.78, 5) is 19.1. The number of piperidine rings is 1. The summed E-state index contributed by atoms with van der Waals surface area (Å²) < 4.78 is 5.80. The van der Waals surface area contributed by atoms with Crippen LogP contribution in [0.1, 0.15) is 29.6 Å². The Kier molecular flexibility index (Phi) is 3.58. The number of carbonyl (C=O) groups excluding carboxylic acids is 1. The zero-order valence-corrected chi connectivity index (χ0v) is 12.9. The maximum atomic E-state index is 12.6. The molecular weight excluding hydrogens is 288 g/mol. The second kappa shape index (κ2) is 5.88. The van der Waals surface area contributed by atoms with E-state index in [1.54, 1.807) is 0 Å². The van der Waals surface area contributed by atoms with Crippen molar-refractivity contribution in [2.24, 2.45) is 0 Å². The van der Waals surface area contributed by atoms with Crippen LogP contribution in [0.15, 0.2) is 52.9 Å². The highest BCUT2D eigenvalue weighted by Gasteiger charge is 2.19. The number of aromatic nitrogens is 1. The zero-order chi connectivity index (χ0) is 15.6. The van der Waals surface area contributed by atoms with Crippen molar-refractivity contribution in [3.8, 4) is 11.5 Å². The largest absolute Gasteiger partial charge is 0.436 e. The van der Waals surface area contributed by atoms with Gasteiger partial charge in [0.2, 0.25) is 5.89 Å². The van der Waals surface area contributed by atoms with Crippen molar-refractivity contribution in [1.82, 2.24) is 9.88 Å². The standard InChI is InChI=1S/C19H18N2O2/c22-19(21-11-5-2-6-12-21)15-9-10-17-16(13-15)20-18(23-17)14-7-3-1-4-8-14/h1,3-4,7-10,13H,2,5-6,11-12H2. The Morgan fingerprint density at radius 2 is 1.78 bits per heavy atom. The van der Waals surface area contributed by atoms with E-state index in [1.165, 1.54) is 6.42 Å². The lowest BCUT2D eigenvalue weighted by atomic mass is 10.1. The van der Waals surface area contributed by atoms with Gasteiger partial charge in [0.05, 0.1) is 0 Å². The molecule has 0 N–H and O–H groups in total. The predicted octanol–water partition coefficient (Wildman–Crippen LogP) is 4.12. The van der Waals surface area contributed by atoms with E-state index in [9.17, 15) is 4.79 Å². The monoisotopic (exact) mass is 306 g/mol. The van der Waals surface area contributed by atoms with Crippen LogP contribution < -0.4 is 0 Å². The van der Waals surface area contributed by atoms with E-state index < -0.39 is 0 Å². The number of rotatable bonds is 2. The number of nitrogens with zero attached hydrogens (tertiary/aromatic N) is 2. The van der Waals surface area contributed by atoms with Crippen molar-refractivity contribution in [3.05, 3.63) is 54.1 Å². The van der Waals surface area contributed by atoms with Gasteiger partial charge in [0.1, 0.15) is 5.52 Å². The van der Waals surface area contributed by atoms with Gasteiger partial charge in [-0.15, -0.1) is 0 Å². The van der Waals surface area contributed by atoms with E-state index in [0.29, 0.717) is 17.0 Å². The molecule has 1 saturated heterocycles. The predicted molar refractivity (Wildman–Crippen MR) is 89.2 cm³/mol. The molecule has 0 saturated carbocycles. The number of carbonyl (C=O) groups is 1. The topological polar surface area (TPSA) is 46.3 Å². The van der Waals surface area contributed by atoms with Crippen LogP contribution in [0, 0.1) is 0 Å². The molecule has 1 amide bonds. The third-order valence-electron chi connectivity index (χ3n) is 4.30. The average Bonchev–Trinajstić information content (AvgIpc) is 3.06. The van der Waals surface area contributed by atoms with E-state index >= 15 is 0 Å². The Labute approximate surface area is 134 Å². The van der Waals surface area contributed by atoms with Gasteiger partial charge in [-0.2, -0.15) is 0 Å². The third kappa shape index (κ3) is 2.72. The van der Waals surface area contributed by atoms with Gasteiger partial charge in [-0.1, -0.05) is 18.2 Å². The van der Waals surface area contributed by atoms with Crippen molar-refractivity contribution in [2.45, 2.75) is 19.3 Å². The Morgan fingerprint density at radius 1 is 1.00 bits per heavy atom. The van der Waals surface area contributed by atoms with Crippen molar-refractivity contribution >= 4 is 17.0 Å². The summed E-state index contributed by atoms with van der Waals surface area (Å²) in [7, 11) is 0. The summed E-state index contributed by atoms with van der Waals surface area (Å²) in [5.41, 5.74) is 3.06. The summed E-state index contributed by atoms with van der Waals surface area (Å²) in [5, 5.41) is 0. The summed E-state index contributed by atoms with van der Waals surface area (Å²) in [5.74, 6) is 0.680. The summed E-state index contributed by atoms with van der Waals surface area (Å²) in [6, 6.07) is 15.3. The highest BCUT2D eigenvalue weighted by molar-refractivity contribution is 5.97. The Balaban J connectivity index is 1.66. The molecule has 3 aromatic rings. The molecule has 2 heterocycles. The number of benzene rings is 2. The lowest BCUT2D eigenvalue weighted by molar-refractivity contribution is 0.0724. The van der Waals surface area contributed by atoms with Crippen LogP contribution in [0.25, 0.3) is 22.6 Å². The SMILES string of the molecule is O=C(c1ccc2oc(-c3ccccc3)nc2c1)N1CCCCC1. The van der Waals surface area contributed by atoms with Gasteiger partial charge in [-0.05, 0) is 49.6 Å². The first-order chi connectivity index (χ1) is 11.3. The van der Waals surface area contributed by atoms with Gasteiger partial charge in [-0.25, -0.2) is 4.98 Å². The summed E-state index contributed by atoms with van der Waals surface area (Å²) in [6.07, 6.45) is 3.40. The number of amides is 1. The fraction of sp³-hybridized carbons (Fsp3) is 0.263. The minimum atomic E-state index is 0.0934. The molecule has 0 aliphatic carbocycles. The van der Waals surface area contributed by atoms with Gasteiger partial charge in [-0.3, -0.25) is 4.79 Å². The maximum absolute atomic E-state index is 12.6. The number of oxazole rings is 1. The maximum Gasteiger partial charge on any atom is 0.253 e. The van der Waals surface area contributed by atoms with Crippen molar-refractivity contribution in [1.29, 1.82) is 0 Å². The first-order valence-corrected chi connectivity index (χ1v) is 8.06. The molecule has 1 aromatic heterocycles. The zero-order valence-electron chi connectivity index (χ0n) is 12.9. The molecule has 0 unspecified atom stereocenters. The first kappa shape index (κ1) is 14.0. The number of hydrogen-bond donors (Lipinski definition) is 0. The summed E-state index contributed by atoms with van der Waals surface area (Å²) >= 11 is 0. The van der Waals surface area contributed by atoms with Crippen LogP contribution in [-0.4, -0.2) is 28.9 Å². The van der Waals surface area contributed by atoms with Gasteiger partial charge in [0.15, 0.2) is 5.58 Å². The molecule has 0 atom stereocenters. The van der Waals surface area contributed by atoms with Crippen LogP contribution in [0.2, 0.25) is 0 Å². The molecule has 4 nitrogen and oxygen atoms in total. The quantitative estimate of drug-likeness (QED) is 0.715. The number of hydrogen-bond acceptors (Lipinski definition) is 3. The molecule has 1 fully saturated rings. The minimum absolute atomic E-state index is 0.0934. The molecule has 23 heavy (non-hydrogen) atoms. The van der Waals surface area contributed by atoms with E-state index in [-0.39, 0.29) is 5.91 Å². The normalized spacial score (nSPS) is 15.0. The lowest BCUT2D eigenvalue weighted by Crippen LogP contribution is -2.35. The van der Waals surface area contributed by atoms with Gasteiger partial charge in [0.25, 0.3) is 5.91 Å². The van der Waals surface area contributed by atoms with E-state index in [0.717, 1.165) is 37.0 Å². The molecule has 0 bridgehead atoms. The van der Waals surface area contributed by atoms with Crippen LogP contribution in [-0.2, 0) is 0 Å². The van der Waals surface area contributed by atoms with E-state index in [2.05, 4.69) is 4.98 Å². The first-order valence-electron chi connectivity index (χ1n) is 8.06. The number of likely N-dealkylation sites (tertiary alicyclic amines) is 1. The van der Waals surface area contributed by atoms with Gasteiger partial charge >= 0.3 is 0 Å². The van der Waals surface area contributed by atoms with Gasteiger partial charge in [0, 0.05) is 24.2 Å². The van der Waals surface area contributed by atoms with Crippen molar-refractivity contribution in [2.75, 3.05) is 13.1 Å². The van der Waals surface area contributed by atoms with E-state index in [4.69, 9.17) is 4.42 Å². The molecule has 0 spiro atoms. The van der Waals surface area contributed by atoms with Crippen LogP contribution in [0.4, 0.5) is 0 Å². The Bertz CT molecular complexity index is 833. The Morgan fingerprint density at radius 3 is 2.57 bits per heavy atom. The molecule has 4 rings (SSSR count). The average molecular weight is 306 g/mol. The van der Waals surface area contributed by atoms with Gasteiger partial charge < -0.3 is 9.32 Å². The molecule has 1 aliphatic rings. The van der Waals surface area contributed by atoms with Crippen molar-refractivity contribution < 1.29 is 9.21 Å². The molecule has 2 aromatic carbocycles. The third-order valence-corrected chi connectivity index (χ3v) is 4.30. The highest BCUT2D eigenvalue weighted by Crippen LogP contribution is 2.25. The second-order valence-corrected chi connectivity index (χ2v) is 5.92. The molecule has 1 aliphatic heterocycles. The van der Waals surface area contributed by atoms with Crippen LogP contribution in [0.5, 0.6) is 0 Å². The molecule has 116 valence electrons. The number of fused-ring (bicyclic) bond motifs is 1. The molecular formula is C19H18N2O2.